The van der Waals surface area contributed by atoms with E-state index in [9.17, 15) is 19.5 Å². The molecule has 0 aliphatic heterocycles. The topological polar surface area (TPSA) is 138 Å². The molecule has 1 atom stereocenters. The minimum Gasteiger partial charge on any atom is -0.870 e. The largest absolute Gasteiger partial charge is 1.00 e. The van der Waals surface area contributed by atoms with E-state index in [1.165, 1.54) is 0 Å². The molecule has 10 heteroatoms. The van der Waals surface area contributed by atoms with Crippen molar-refractivity contribution in [2.24, 2.45) is 5.92 Å². The van der Waals surface area contributed by atoms with E-state index in [0.717, 1.165) is 53.7 Å². The molecule has 1 aliphatic carbocycles. The van der Waals surface area contributed by atoms with Crippen LogP contribution >= 0.6 is 11.3 Å². The normalized spacial score (nSPS) is 13.8. The second-order valence-corrected chi connectivity index (χ2v) is 10.2. The van der Waals surface area contributed by atoms with Crippen molar-refractivity contribution < 1.29 is 43.8 Å². The molecule has 5 N–H and O–H groups in total. The molecule has 8 nitrogen and oxygen atoms in total. The van der Waals surface area contributed by atoms with Crippen molar-refractivity contribution in [3.8, 4) is 10.4 Å². The minimum atomic E-state index is -1.03. The smallest absolute Gasteiger partial charge is 0.870 e. The average Bonchev–Trinajstić information content (AvgIpc) is 3.40. The van der Waals surface area contributed by atoms with Crippen molar-refractivity contribution in [1.82, 2.24) is 5.32 Å². The number of amides is 3. The fourth-order valence-corrected chi connectivity index (χ4v) is 5.51. The number of carboxylic acids is 1. The molecule has 0 saturated heterocycles. The van der Waals surface area contributed by atoms with Crippen LogP contribution in [0.4, 0.5) is 16.2 Å². The number of carbonyl (C=O) groups excluding carboxylic acids is 2. The zero-order valence-corrected chi connectivity index (χ0v) is 22.7. The van der Waals surface area contributed by atoms with Gasteiger partial charge in [0.05, 0.1) is 11.3 Å². The first-order valence-corrected chi connectivity index (χ1v) is 13.1. The predicted molar refractivity (Wildman–Crippen MR) is 146 cm³/mol. The summed E-state index contributed by atoms with van der Waals surface area (Å²) in [7, 11) is 0. The quantitative estimate of drug-likeness (QED) is 0.348. The molecule has 0 spiro atoms. The summed E-state index contributed by atoms with van der Waals surface area (Å²) in [6, 6.07) is 13.4. The van der Waals surface area contributed by atoms with Gasteiger partial charge in [0.2, 0.25) is 0 Å². The van der Waals surface area contributed by atoms with E-state index in [4.69, 9.17) is 0 Å². The molecule has 3 amide bonds. The maximum atomic E-state index is 13.3. The van der Waals surface area contributed by atoms with Gasteiger partial charge < -0.3 is 26.5 Å². The molecule has 0 bridgehead atoms. The number of thiophene rings is 1. The Morgan fingerprint density at radius 1 is 0.947 bits per heavy atom. The van der Waals surface area contributed by atoms with Crippen LogP contribution in [0.1, 0.15) is 53.6 Å². The molecule has 3 aromatic rings. The number of aryl methyl sites for hydroxylation is 2. The Bertz CT molecular complexity index is 1240. The van der Waals surface area contributed by atoms with E-state index >= 15 is 0 Å². The number of urea groups is 1. The van der Waals surface area contributed by atoms with Crippen molar-refractivity contribution >= 4 is 40.6 Å². The molecule has 1 fully saturated rings. The Hall–Kier alpha value is -3.09. The molecule has 1 saturated carbocycles. The third kappa shape index (κ3) is 7.48. The first-order valence-electron chi connectivity index (χ1n) is 12.2. The van der Waals surface area contributed by atoms with Gasteiger partial charge in [0.1, 0.15) is 6.04 Å². The number of carbonyl (C=O) groups is 3. The van der Waals surface area contributed by atoms with E-state index in [1.807, 2.05) is 55.6 Å². The van der Waals surface area contributed by atoms with Crippen LogP contribution in [-0.2, 0) is 4.79 Å². The predicted octanol–water partition coefficient (Wildman–Crippen LogP) is 3.27. The Kier molecular flexibility index (Phi) is 11.6. The molecule has 38 heavy (non-hydrogen) atoms. The van der Waals surface area contributed by atoms with Crippen molar-refractivity contribution in [1.29, 1.82) is 0 Å². The first-order chi connectivity index (χ1) is 17.3. The van der Waals surface area contributed by atoms with Crippen molar-refractivity contribution in [3.63, 3.8) is 0 Å². The van der Waals surface area contributed by atoms with Gasteiger partial charge in [-0.25, -0.2) is 9.59 Å². The standard InChI is InChI=1S/C28H31N3O4S.Li.H2O/c1-17-8-6-9-18(2)24(17)31-28(35)29-22-16-20(23-12-7-15-36-23)13-14-21(22)26(32)30-25(27(33)34)19-10-4-3-5-11-19;;/h6-9,12-16,19,25H,3-5,10-11H2,1-2H3,(H,30,32)(H,33,34)(H2,29,31,35);;1H2/q;+1;/p-1/t25-;;/m0../s1. The van der Waals surface area contributed by atoms with Crippen LogP contribution in [0.15, 0.2) is 53.9 Å². The summed E-state index contributed by atoms with van der Waals surface area (Å²) in [5.74, 6) is -1.66. The zero-order valence-electron chi connectivity index (χ0n) is 21.9. The molecule has 0 unspecified atom stereocenters. The third-order valence-electron chi connectivity index (χ3n) is 6.71. The first kappa shape index (κ1) is 31.1. The number of para-hydroxylation sites is 1. The average molecular weight is 530 g/mol. The number of nitrogens with one attached hydrogen (secondary N) is 3. The maximum Gasteiger partial charge on any atom is 1.00 e. The van der Waals surface area contributed by atoms with Gasteiger partial charge in [0.15, 0.2) is 0 Å². The van der Waals surface area contributed by atoms with Crippen LogP contribution in [0.25, 0.3) is 10.4 Å². The molecule has 0 radical (unpaired) electrons. The second kappa shape index (κ2) is 14.2. The summed E-state index contributed by atoms with van der Waals surface area (Å²) >= 11 is 1.55. The van der Waals surface area contributed by atoms with Crippen LogP contribution in [-0.4, -0.2) is 34.5 Å². The third-order valence-corrected chi connectivity index (χ3v) is 7.63. The Morgan fingerprint density at radius 2 is 1.63 bits per heavy atom. The number of aliphatic carboxylic acids is 1. The molecule has 4 rings (SSSR count). The summed E-state index contributed by atoms with van der Waals surface area (Å²) in [5.41, 5.74) is 3.94. The second-order valence-electron chi connectivity index (χ2n) is 9.27. The van der Waals surface area contributed by atoms with Gasteiger partial charge in [-0.1, -0.05) is 49.6 Å². The van der Waals surface area contributed by atoms with Gasteiger partial charge in [-0.2, -0.15) is 0 Å². The van der Waals surface area contributed by atoms with Gasteiger partial charge >= 0.3 is 30.9 Å². The van der Waals surface area contributed by atoms with E-state index in [-0.39, 0.29) is 35.8 Å². The molecular weight excluding hydrogens is 497 g/mol. The fraction of sp³-hybridized carbons (Fsp3) is 0.321. The number of hydrogen-bond acceptors (Lipinski definition) is 5. The maximum absolute atomic E-state index is 13.3. The van der Waals surface area contributed by atoms with E-state index in [1.54, 1.807) is 23.5 Å². The number of benzene rings is 2. The van der Waals surface area contributed by atoms with Crippen LogP contribution in [0.2, 0.25) is 0 Å². The van der Waals surface area contributed by atoms with Crippen LogP contribution in [0.5, 0.6) is 0 Å². The van der Waals surface area contributed by atoms with Gasteiger partial charge in [0, 0.05) is 10.6 Å². The Morgan fingerprint density at radius 3 is 2.24 bits per heavy atom. The summed E-state index contributed by atoms with van der Waals surface area (Å²) in [5, 5.41) is 20.2. The molecule has 2 aromatic carbocycles. The van der Waals surface area contributed by atoms with E-state index in [0.29, 0.717) is 11.4 Å². The number of rotatable bonds is 7. The molecule has 1 aliphatic rings. The number of carboxylic acid groups (broad SMARTS) is 1. The van der Waals surface area contributed by atoms with Crippen molar-refractivity contribution in [2.45, 2.75) is 52.0 Å². The SMILES string of the molecule is Cc1cccc(C)c1NC(=O)Nc1cc(-c2cccs2)ccc1C(=O)N[C@H](C(=O)O)C1CCCCC1.[Li+].[OH-]. The summed E-state index contributed by atoms with van der Waals surface area (Å²) in [4.78, 5) is 39.3. The van der Waals surface area contributed by atoms with E-state index < -0.39 is 23.9 Å². The van der Waals surface area contributed by atoms with Crippen molar-refractivity contribution in [3.05, 3.63) is 70.6 Å². The molecule has 1 aromatic heterocycles. The van der Waals surface area contributed by atoms with Gasteiger partial charge in [-0.05, 0) is 72.9 Å². The molecule has 196 valence electrons. The molecule has 1 heterocycles. The number of anilines is 2. The molecular formula is C28H32LiN3O5S. The van der Waals surface area contributed by atoms with Crippen LogP contribution in [0.3, 0.4) is 0 Å². The van der Waals surface area contributed by atoms with Gasteiger partial charge in [-0.3, -0.25) is 4.79 Å². The van der Waals surface area contributed by atoms with Gasteiger partial charge in [-0.15, -0.1) is 11.3 Å². The summed E-state index contributed by atoms with van der Waals surface area (Å²) < 4.78 is 0. The Balaban J connectivity index is 0.00000253. The monoisotopic (exact) mass is 529 g/mol. The van der Waals surface area contributed by atoms with Crippen LogP contribution < -0.4 is 34.8 Å². The number of hydrogen-bond donors (Lipinski definition) is 4. The summed E-state index contributed by atoms with van der Waals surface area (Å²) in [6.07, 6.45) is 4.57. The summed E-state index contributed by atoms with van der Waals surface area (Å²) in [6.45, 7) is 3.83. The van der Waals surface area contributed by atoms with Crippen molar-refractivity contribution in [2.75, 3.05) is 10.6 Å². The fourth-order valence-electron chi connectivity index (χ4n) is 4.79. The van der Waals surface area contributed by atoms with Gasteiger partial charge in [0.25, 0.3) is 5.91 Å². The zero-order chi connectivity index (χ0) is 25.7. The van der Waals surface area contributed by atoms with Crippen LogP contribution in [0, 0.1) is 19.8 Å². The minimum absolute atomic E-state index is 0. The van der Waals surface area contributed by atoms with E-state index in [2.05, 4.69) is 16.0 Å². The Labute approximate surface area is 238 Å².